The van der Waals surface area contributed by atoms with Gasteiger partial charge in [-0.05, 0) is 13.0 Å². The van der Waals surface area contributed by atoms with E-state index in [4.69, 9.17) is 0 Å². The summed E-state index contributed by atoms with van der Waals surface area (Å²) in [4.78, 5) is 15.6. The second-order valence-electron chi connectivity index (χ2n) is 3.73. The molecule has 2 heterocycles. The molecule has 2 rings (SSSR count). The fraction of sp³-hybridized carbons (Fsp3) is 0.0909. The quantitative estimate of drug-likeness (QED) is 0.934. The molecule has 0 atom stereocenters. The molecular formula is C11H11N3O3S2. The fourth-order valence-corrected chi connectivity index (χ4v) is 2.66. The summed E-state index contributed by atoms with van der Waals surface area (Å²) in [5.41, 5.74) is 0.380. The number of carbonyl (C=O) groups is 1. The molecule has 0 fully saturated rings. The minimum absolute atomic E-state index is 0.0286. The Bertz CT molecular complexity index is 714. The predicted octanol–water partition coefficient (Wildman–Crippen LogP) is 1.91. The molecule has 8 heteroatoms. The molecular weight excluding hydrogens is 286 g/mol. The van der Waals surface area contributed by atoms with Crippen molar-refractivity contribution in [2.75, 3.05) is 5.32 Å². The van der Waals surface area contributed by atoms with E-state index in [0.717, 1.165) is 3.97 Å². The van der Waals surface area contributed by atoms with Crippen LogP contribution >= 0.6 is 11.3 Å². The van der Waals surface area contributed by atoms with Crippen molar-refractivity contribution in [2.45, 2.75) is 6.92 Å². The molecule has 0 unspecified atom stereocenters. The Kier molecular flexibility index (Phi) is 3.54. The SMILES string of the molecule is C=C(C)S(=O)(=O)n1ccc(NC(=O)c2nccs2)c1. The highest BCUT2D eigenvalue weighted by atomic mass is 32.2. The number of thiazole rings is 1. The van der Waals surface area contributed by atoms with Crippen LogP contribution in [0.5, 0.6) is 0 Å². The standard InChI is InChI=1S/C11H11N3O3S2/c1-8(2)19(16,17)14-5-3-9(7-14)13-10(15)11-12-4-6-18-11/h3-7H,1H2,2H3,(H,13,15). The lowest BCUT2D eigenvalue weighted by atomic mass is 10.5. The zero-order valence-electron chi connectivity index (χ0n) is 10.0. The Morgan fingerprint density at radius 2 is 2.26 bits per heavy atom. The van der Waals surface area contributed by atoms with Crippen molar-refractivity contribution in [3.63, 3.8) is 0 Å². The molecule has 0 aliphatic heterocycles. The Morgan fingerprint density at radius 1 is 1.53 bits per heavy atom. The smallest absolute Gasteiger partial charge is 0.284 e. The molecule has 6 nitrogen and oxygen atoms in total. The highest BCUT2D eigenvalue weighted by molar-refractivity contribution is 7.93. The van der Waals surface area contributed by atoms with Crippen molar-refractivity contribution >= 4 is 33.0 Å². The molecule has 0 saturated heterocycles. The Hall–Kier alpha value is -1.93. The summed E-state index contributed by atoms with van der Waals surface area (Å²) in [7, 11) is -3.59. The summed E-state index contributed by atoms with van der Waals surface area (Å²) in [6.07, 6.45) is 4.19. The van der Waals surface area contributed by atoms with Crippen molar-refractivity contribution in [3.8, 4) is 0 Å². The monoisotopic (exact) mass is 297 g/mol. The van der Waals surface area contributed by atoms with E-state index in [1.54, 1.807) is 5.38 Å². The van der Waals surface area contributed by atoms with Crippen LogP contribution in [0.2, 0.25) is 0 Å². The first-order valence-corrected chi connectivity index (χ1v) is 7.53. The lowest BCUT2D eigenvalue weighted by Gasteiger charge is -2.03. The van der Waals surface area contributed by atoms with E-state index in [0.29, 0.717) is 10.7 Å². The maximum atomic E-state index is 11.8. The summed E-state index contributed by atoms with van der Waals surface area (Å²) in [6, 6.07) is 1.49. The minimum Gasteiger partial charge on any atom is -0.319 e. The average molecular weight is 297 g/mol. The van der Waals surface area contributed by atoms with Crippen LogP contribution in [-0.2, 0) is 10.0 Å². The number of nitrogens with one attached hydrogen (secondary N) is 1. The van der Waals surface area contributed by atoms with Gasteiger partial charge in [-0.25, -0.2) is 17.4 Å². The average Bonchev–Trinajstić information content (AvgIpc) is 2.99. The zero-order chi connectivity index (χ0) is 14.0. The van der Waals surface area contributed by atoms with Gasteiger partial charge >= 0.3 is 0 Å². The Labute approximate surface area is 114 Å². The molecule has 1 N–H and O–H groups in total. The fourth-order valence-electron chi connectivity index (χ4n) is 1.30. The van der Waals surface area contributed by atoms with Gasteiger partial charge in [0.2, 0.25) is 0 Å². The van der Waals surface area contributed by atoms with E-state index in [9.17, 15) is 13.2 Å². The summed E-state index contributed by atoms with van der Waals surface area (Å²) in [6.45, 7) is 4.82. The van der Waals surface area contributed by atoms with E-state index in [2.05, 4.69) is 16.9 Å². The number of amides is 1. The van der Waals surface area contributed by atoms with Gasteiger partial charge in [0.05, 0.1) is 10.6 Å². The molecule has 0 saturated carbocycles. The first kappa shape index (κ1) is 13.5. The van der Waals surface area contributed by atoms with Gasteiger partial charge in [0.1, 0.15) is 0 Å². The largest absolute Gasteiger partial charge is 0.319 e. The number of hydrogen-bond donors (Lipinski definition) is 1. The van der Waals surface area contributed by atoms with Crippen LogP contribution in [0.4, 0.5) is 5.69 Å². The van der Waals surface area contributed by atoms with Crippen molar-refractivity contribution in [3.05, 3.63) is 46.5 Å². The topological polar surface area (TPSA) is 81.1 Å². The summed E-state index contributed by atoms with van der Waals surface area (Å²) < 4.78 is 24.6. The third-order valence-corrected chi connectivity index (χ3v) is 4.70. The lowest BCUT2D eigenvalue weighted by molar-refractivity contribution is 0.102. The second-order valence-corrected chi connectivity index (χ2v) is 6.69. The first-order chi connectivity index (χ1) is 8.91. The van der Waals surface area contributed by atoms with Crippen LogP contribution in [-0.4, -0.2) is 23.3 Å². The maximum absolute atomic E-state index is 11.8. The van der Waals surface area contributed by atoms with E-state index >= 15 is 0 Å². The van der Waals surface area contributed by atoms with Crippen LogP contribution in [0, 0.1) is 0 Å². The highest BCUT2D eigenvalue weighted by Gasteiger charge is 2.15. The molecule has 2 aromatic heterocycles. The van der Waals surface area contributed by atoms with Crippen LogP contribution in [0.1, 0.15) is 16.7 Å². The van der Waals surface area contributed by atoms with Gasteiger partial charge in [0, 0.05) is 24.0 Å². The second kappa shape index (κ2) is 4.98. The molecule has 19 heavy (non-hydrogen) atoms. The number of nitrogens with zero attached hydrogens (tertiary/aromatic N) is 2. The molecule has 100 valence electrons. The number of rotatable bonds is 4. The first-order valence-electron chi connectivity index (χ1n) is 5.21. The lowest BCUT2D eigenvalue weighted by Crippen LogP contribution is -2.12. The van der Waals surface area contributed by atoms with Crippen LogP contribution < -0.4 is 5.32 Å². The van der Waals surface area contributed by atoms with E-state index in [-0.39, 0.29) is 10.8 Å². The zero-order valence-corrected chi connectivity index (χ0v) is 11.7. The van der Waals surface area contributed by atoms with Crippen molar-refractivity contribution in [2.24, 2.45) is 0 Å². The van der Waals surface area contributed by atoms with Gasteiger partial charge < -0.3 is 5.32 Å². The van der Waals surface area contributed by atoms with Crippen molar-refractivity contribution in [1.82, 2.24) is 8.96 Å². The summed E-state index contributed by atoms with van der Waals surface area (Å²) in [5, 5.41) is 4.57. The van der Waals surface area contributed by atoms with Crippen LogP contribution in [0.3, 0.4) is 0 Å². The number of carbonyl (C=O) groups excluding carboxylic acids is 1. The van der Waals surface area contributed by atoms with Crippen LogP contribution in [0.15, 0.2) is 41.5 Å². The molecule has 2 aromatic rings. The normalized spacial score (nSPS) is 11.2. The van der Waals surface area contributed by atoms with Gasteiger partial charge in [-0.15, -0.1) is 11.3 Å². The van der Waals surface area contributed by atoms with Crippen molar-refractivity contribution in [1.29, 1.82) is 0 Å². The van der Waals surface area contributed by atoms with Crippen molar-refractivity contribution < 1.29 is 13.2 Å². The number of allylic oxidation sites excluding steroid dienone is 1. The van der Waals surface area contributed by atoms with Crippen LogP contribution in [0.25, 0.3) is 0 Å². The summed E-state index contributed by atoms with van der Waals surface area (Å²) >= 11 is 1.21. The molecule has 0 spiro atoms. The minimum atomic E-state index is -3.59. The molecule has 0 aromatic carbocycles. The van der Waals surface area contributed by atoms with Gasteiger partial charge in [-0.2, -0.15) is 0 Å². The Morgan fingerprint density at radius 3 is 2.84 bits per heavy atom. The Balaban J connectivity index is 2.19. The third kappa shape index (κ3) is 2.74. The molecule has 0 aliphatic carbocycles. The highest BCUT2D eigenvalue weighted by Crippen LogP contribution is 2.16. The van der Waals surface area contributed by atoms with Gasteiger partial charge in [0.25, 0.3) is 15.9 Å². The number of anilines is 1. The molecule has 0 aliphatic rings. The third-order valence-electron chi connectivity index (χ3n) is 2.27. The molecule has 0 radical (unpaired) electrons. The molecule has 1 amide bonds. The number of hydrogen-bond acceptors (Lipinski definition) is 5. The summed E-state index contributed by atoms with van der Waals surface area (Å²) in [5.74, 6) is -0.375. The number of aromatic nitrogens is 2. The van der Waals surface area contributed by atoms with E-state index < -0.39 is 10.0 Å². The maximum Gasteiger partial charge on any atom is 0.284 e. The van der Waals surface area contributed by atoms with Gasteiger partial charge in [0.15, 0.2) is 5.01 Å². The molecule has 0 bridgehead atoms. The predicted molar refractivity (Wildman–Crippen MR) is 73.6 cm³/mol. The van der Waals surface area contributed by atoms with E-state index in [1.807, 2.05) is 0 Å². The van der Waals surface area contributed by atoms with Gasteiger partial charge in [-0.3, -0.25) is 4.79 Å². The van der Waals surface area contributed by atoms with E-state index in [1.165, 1.54) is 42.9 Å². The van der Waals surface area contributed by atoms with Gasteiger partial charge in [-0.1, -0.05) is 6.58 Å².